The quantitative estimate of drug-likeness (QED) is 0.0261. The van der Waals surface area contributed by atoms with E-state index in [1.54, 1.807) is 0 Å². The minimum Gasteiger partial charge on any atom is -0.462 e. The highest BCUT2D eigenvalue weighted by molar-refractivity contribution is 5.71. The minimum absolute atomic E-state index is 0.0787. The fourth-order valence-corrected chi connectivity index (χ4v) is 9.99. The molecule has 6 nitrogen and oxygen atoms in total. The van der Waals surface area contributed by atoms with Gasteiger partial charge in [-0.1, -0.05) is 312 Å². The molecule has 0 fully saturated rings. The number of esters is 3. The third-order valence-corrected chi connectivity index (χ3v) is 15.2. The van der Waals surface area contributed by atoms with Crippen LogP contribution in [0.5, 0.6) is 0 Å². The average Bonchev–Trinajstić information content (AvgIpc) is 3.45. The Labute approximate surface area is 491 Å². The van der Waals surface area contributed by atoms with Crippen molar-refractivity contribution < 1.29 is 28.6 Å². The van der Waals surface area contributed by atoms with Crippen LogP contribution in [0, 0.1) is 0 Å². The smallest absolute Gasteiger partial charge is 0.306 e. The standard InChI is InChI=1S/C73H130O6/c1-4-7-10-13-16-19-22-25-28-30-32-34-35-36-37-39-40-42-45-48-51-54-57-60-63-66-72(75)78-69-70(68-77-71(74)65-62-59-56-53-50-47-44-27-24-21-18-15-12-9-6-3)79-73(76)67-64-61-58-55-52-49-46-43-41-38-33-31-29-26-23-20-17-14-11-8-5-2/h22-23,25-26,30-33,35-36,41,43,70H,4-21,24,27-29,34,37-40,42,44-69H2,1-3H3/b25-22-,26-23-,32-30-,33-31-,36-35-,43-41-. The molecule has 0 radical (unpaired) electrons. The monoisotopic (exact) mass is 1100 g/mol. The van der Waals surface area contributed by atoms with Crippen LogP contribution in [-0.2, 0) is 28.6 Å². The van der Waals surface area contributed by atoms with Crippen LogP contribution in [0.4, 0.5) is 0 Å². The van der Waals surface area contributed by atoms with Crippen molar-refractivity contribution in [3.63, 3.8) is 0 Å². The second kappa shape index (κ2) is 67.4. The molecule has 0 aliphatic carbocycles. The maximum Gasteiger partial charge on any atom is 0.306 e. The van der Waals surface area contributed by atoms with E-state index in [-0.39, 0.29) is 31.1 Å². The maximum absolute atomic E-state index is 12.9. The van der Waals surface area contributed by atoms with E-state index in [0.717, 1.165) is 96.3 Å². The molecule has 0 aromatic carbocycles. The molecule has 0 heterocycles. The zero-order valence-electron chi connectivity index (χ0n) is 52.6. The second-order valence-corrected chi connectivity index (χ2v) is 23.1. The van der Waals surface area contributed by atoms with Crippen molar-refractivity contribution in [1.82, 2.24) is 0 Å². The number of allylic oxidation sites excluding steroid dienone is 12. The van der Waals surface area contributed by atoms with E-state index in [4.69, 9.17) is 14.2 Å². The summed E-state index contributed by atoms with van der Waals surface area (Å²) in [5, 5.41) is 0. The Kier molecular flexibility index (Phi) is 64.7. The molecule has 1 unspecified atom stereocenters. The van der Waals surface area contributed by atoms with Gasteiger partial charge in [0.25, 0.3) is 0 Å². The average molecular weight is 1100 g/mol. The molecule has 0 aliphatic rings. The number of hydrogen-bond donors (Lipinski definition) is 0. The van der Waals surface area contributed by atoms with Gasteiger partial charge in [0.05, 0.1) is 0 Å². The van der Waals surface area contributed by atoms with Crippen molar-refractivity contribution in [2.24, 2.45) is 0 Å². The van der Waals surface area contributed by atoms with Gasteiger partial charge in [-0.3, -0.25) is 14.4 Å². The molecule has 0 bridgehead atoms. The van der Waals surface area contributed by atoms with Crippen LogP contribution in [0.3, 0.4) is 0 Å². The fraction of sp³-hybridized carbons (Fsp3) is 0.795. The Morgan fingerprint density at radius 1 is 0.253 bits per heavy atom. The predicted molar refractivity (Wildman–Crippen MR) is 344 cm³/mol. The Morgan fingerprint density at radius 2 is 0.456 bits per heavy atom. The van der Waals surface area contributed by atoms with Gasteiger partial charge in [-0.05, 0) is 96.3 Å². The first kappa shape index (κ1) is 75.8. The lowest BCUT2D eigenvalue weighted by atomic mass is 10.0. The van der Waals surface area contributed by atoms with Crippen molar-refractivity contribution in [1.29, 1.82) is 0 Å². The van der Waals surface area contributed by atoms with Gasteiger partial charge in [-0.15, -0.1) is 0 Å². The molecule has 0 saturated heterocycles. The van der Waals surface area contributed by atoms with E-state index in [2.05, 4.69) is 93.7 Å². The van der Waals surface area contributed by atoms with Crippen molar-refractivity contribution in [3.05, 3.63) is 72.9 Å². The first-order valence-electron chi connectivity index (χ1n) is 34.4. The summed E-state index contributed by atoms with van der Waals surface area (Å²) in [6, 6.07) is 0. The van der Waals surface area contributed by atoms with Crippen LogP contribution < -0.4 is 0 Å². The summed E-state index contributed by atoms with van der Waals surface area (Å²) in [6.07, 6.45) is 87.7. The third-order valence-electron chi connectivity index (χ3n) is 15.2. The van der Waals surface area contributed by atoms with Crippen LogP contribution in [0.25, 0.3) is 0 Å². The predicted octanol–water partition coefficient (Wildman–Crippen LogP) is 23.7. The molecule has 0 N–H and O–H groups in total. The molecule has 0 aromatic rings. The van der Waals surface area contributed by atoms with E-state index in [1.807, 2.05) is 0 Å². The lowest BCUT2D eigenvalue weighted by Crippen LogP contribution is -2.30. The van der Waals surface area contributed by atoms with Crippen LogP contribution in [0.15, 0.2) is 72.9 Å². The first-order chi connectivity index (χ1) is 39.0. The summed E-state index contributed by atoms with van der Waals surface area (Å²) >= 11 is 0. The SMILES string of the molecule is CCCCCCC/C=C\C/C=C\C/C=C\CCCCCCCCCCCCC(=O)OCC(COC(=O)CCCCCCCCCCCCCCCCC)OC(=O)CCCCCCCC/C=C\C/C=C\C/C=C\CCCCCCC. The van der Waals surface area contributed by atoms with Gasteiger partial charge in [-0.2, -0.15) is 0 Å². The summed E-state index contributed by atoms with van der Waals surface area (Å²) in [5.41, 5.74) is 0. The van der Waals surface area contributed by atoms with Crippen LogP contribution in [-0.4, -0.2) is 37.2 Å². The van der Waals surface area contributed by atoms with E-state index in [1.165, 1.54) is 218 Å². The van der Waals surface area contributed by atoms with Gasteiger partial charge in [0, 0.05) is 19.3 Å². The lowest BCUT2D eigenvalue weighted by molar-refractivity contribution is -0.167. The molecule has 79 heavy (non-hydrogen) atoms. The molecule has 0 saturated carbocycles. The number of unbranched alkanes of at least 4 members (excludes halogenated alkanes) is 40. The van der Waals surface area contributed by atoms with Crippen molar-refractivity contribution in [3.8, 4) is 0 Å². The summed E-state index contributed by atoms with van der Waals surface area (Å²) in [6.45, 7) is 6.65. The van der Waals surface area contributed by atoms with Crippen molar-refractivity contribution in [2.45, 2.75) is 361 Å². The maximum atomic E-state index is 12.9. The van der Waals surface area contributed by atoms with Crippen LogP contribution >= 0.6 is 0 Å². The molecule has 0 aliphatic heterocycles. The number of hydrogen-bond acceptors (Lipinski definition) is 6. The molecular weight excluding hydrogens is 973 g/mol. The molecule has 6 heteroatoms. The zero-order chi connectivity index (χ0) is 57.1. The largest absolute Gasteiger partial charge is 0.462 e. The van der Waals surface area contributed by atoms with E-state index >= 15 is 0 Å². The molecule has 0 spiro atoms. The number of ether oxygens (including phenoxy) is 3. The van der Waals surface area contributed by atoms with Gasteiger partial charge >= 0.3 is 17.9 Å². The zero-order valence-corrected chi connectivity index (χ0v) is 52.6. The van der Waals surface area contributed by atoms with Gasteiger partial charge in [-0.25, -0.2) is 0 Å². The molecule has 0 aromatic heterocycles. The van der Waals surface area contributed by atoms with Gasteiger partial charge in [0.1, 0.15) is 13.2 Å². The first-order valence-corrected chi connectivity index (χ1v) is 34.4. The molecule has 0 rings (SSSR count). The Morgan fingerprint density at radius 3 is 0.709 bits per heavy atom. The van der Waals surface area contributed by atoms with Gasteiger partial charge < -0.3 is 14.2 Å². The van der Waals surface area contributed by atoms with Crippen LogP contribution in [0.2, 0.25) is 0 Å². The molecule has 1 atom stereocenters. The topological polar surface area (TPSA) is 78.9 Å². The Hall–Kier alpha value is -3.15. The second-order valence-electron chi connectivity index (χ2n) is 23.1. The molecule has 0 amide bonds. The van der Waals surface area contributed by atoms with E-state index in [0.29, 0.717) is 19.3 Å². The van der Waals surface area contributed by atoms with Crippen molar-refractivity contribution in [2.75, 3.05) is 13.2 Å². The lowest BCUT2D eigenvalue weighted by Gasteiger charge is -2.18. The van der Waals surface area contributed by atoms with E-state index < -0.39 is 6.10 Å². The highest BCUT2D eigenvalue weighted by Gasteiger charge is 2.19. The number of rotatable bonds is 63. The highest BCUT2D eigenvalue weighted by Crippen LogP contribution is 2.17. The van der Waals surface area contributed by atoms with Gasteiger partial charge in [0.15, 0.2) is 6.10 Å². The van der Waals surface area contributed by atoms with E-state index in [9.17, 15) is 14.4 Å². The number of carbonyl (C=O) groups excluding carboxylic acids is 3. The van der Waals surface area contributed by atoms with Gasteiger partial charge in [0.2, 0.25) is 0 Å². The minimum atomic E-state index is -0.784. The normalized spacial score (nSPS) is 12.5. The van der Waals surface area contributed by atoms with Crippen molar-refractivity contribution >= 4 is 17.9 Å². The van der Waals surface area contributed by atoms with Crippen LogP contribution in [0.1, 0.15) is 355 Å². The molecule has 458 valence electrons. The Balaban J connectivity index is 4.35. The highest BCUT2D eigenvalue weighted by atomic mass is 16.6. The Bertz CT molecular complexity index is 1450. The molecular formula is C73H130O6. The fourth-order valence-electron chi connectivity index (χ4n) is 9.99. The summed E-state index contributed by atoms with van der Waals surface area (Å²) < 4.78 is 17.0. The number of carbonyl (C=O) groups is 3. The summed E-state index contributed by atoms with van der Waals surface area (Å²) in [4.78, 5) is 38.4. The summed E-state index contributed by atoms with van der Waals surface area (Å²) in [7, 11) is 0. The summed E-state index contributed by atoms with van der Waals surface area (Å²) in [5.74, 6) is -0.876. The third kappa shape index (κ3) is 65.5.